The van der Waals surface area contributed by atoms with Gasteiger partial charge < -0.3 is 5.32 Å². The van der Waals surface area contributed by atoms with Crippen LogP contribution in [0.3, 0.4) is 0 Å². The summed E-state index contributed by atoms with van der Waals surface area (Å²) in [7, 11) is 0. The smallest absolute Gasteiger partial charge is 0.255 e. The van der Waals surface area contributed by atoms with E-state index in [1.165, 1.54) is 11.5 Å². The van der Waals surface area contributed by atoms with Gasteiger partial charge in [0, 0.05) is 0 Å². The molecule has 1 aliphatic heterocycles. The van der Waals surface area contributed by atoms with Crippen molar-refractivity contribution < 1.29 is 10.0 Å². The lowest BCUT2D eigenvalue weighted by molar-refractivity contribution is 0.0582. The van der Waals surface area contributed by atoms with Crippen molar-refractivity contribution in [2.75, 3.05) is 5.06 Å². The van der Waals surface area contributed by atoms with Crippen LogP contribution in [-0.2, 0) is 0 Å². The van der Waals surface area contributed by atoms with Gasteiger partial charge >= 0.3 is 0 Å². The van der Waals surface area contributed by atoms with Crippen LogP contribution in [0.25, 0.3) is 0 Å². The first-order valence-corrected chi connectivity index (χ1v) is 6.14. The lowest BCUT2D eigenvalue weighted by atomic mass is 9.86. The average molecular weight is 232 g/mol. The molecule has 1 amide bonds. The number of para-hydroxylation sites is 1. The molecule has 2 N–H and O–H groups in total. The second kappa shape index (κ2) is 3.74. The van der Waals surface area contributed by atoms with E-state index in [4.69, 9.17) is 0 Å². The van der Waals surface area contributed by atoms with E-state index in [0.29, 0.717) is 11.3 Å². The summed E-state index contributed by atoms with van der Waals surface area (Å²) in [4.78, 5) is 12.1. The van der Waals surface area contributed by atoms with E-state index in [0.717, 1.165) is 25.7 Å². The van der Waals surface area contributed by atoms with Crippen LogP contribution < -0.4 is 10.4 Å². The molecular weight excluding hydrogens is 216 g/mol. The highest BCUT2D eigenvalue weighted by Crippen LogP contribution is 2.38. The van der Waals surface area contributed by atoms with E-state index in [2.05, 4.69) is 5.32 Å². The van der Waals surface area contributed by atoms with E-state index in [1.807, 2.05) is 12.1 Å². The monoisotopic (exact) mass is 232 g/mol. The largest absolute Gasteiger partial charge is 0.327 e. The summed E-state index contributed by atoms with van der Waals surface area (Å²) in [6.07, 6.45) is 4.87. The fraction of sp³-hybridized carbons (Fsp3) is 0.462. The molecule has 3 rings (SSSR count). The molecule has 90 valence electrons. The van der Waals surface area contributed by atoms with Crippen LogP contribution >= 0.6 is 0 Å². The minimum Gasteiger partial charge on any atom is -0.327 e. The van der Waals surface area contributed by atoms with Crippen LogP contribution in [0.1, 0.15) is 42.5 Å². The molecule has 0 radical (unpaired) electrons. The quantitative estimate of drug-likeness (QED) is 0.721. The van der Waals surface area contributed by atoms with Crippen molar-refractivity contribution >= 4 is 11.6 Å². The minimum atomic E-state index is -0.580. The van der Waals surface area contributed by atoms with Crippen molar-refractivity contribution in [3.8, 4) is 0 Å². The Hall–Kier alpha value is -1.55. The summed E-state index contributed by atoms with van der Waals surface area (Å²) in [6.45, 7) is 0. The van der Waals surface area contributed by atoms with Crippen molar-refractivity contribution in [1.82, 2.24) is 5.32 Å². The summed E-state index contributed by atoms with van der Waals surface area (Å²) < 4.78 is 0. The van der Waals surface area contributed by atoms with Crippen molar-refractivity contribution in [1.29, 1.82) is 0 Å². The van der Waals surface area contributed by atoms with Crippen molar-refractivity contribution in [3.63, 3.8) is 0 Å². The van der Waals surface area contributed by atoms with Gasteiger partial charge in [0.25, 0.3) is 5.91 Å². The van der Waals surface area contributed by atoms with Gasteiger partial charge in [0.2, 0.25) is 0 Å². The molecule has 1 saturated carbocycles. The number of hydrogen-bond acceptors (Lipinski definition) is 3. The van der Waals surface area contributed by atoms with Crippen molar-refractivity contribution in [3.05, 3.63) is 29.8 Å². The summed E-state index contributed by atoms with van der Waals surface area (Å²) in [5, 5.41) is 14.6. The first-order chi connectivity index (χ1) is 8.23. The zero-order chi connectivity index (χ0) is 11.9. The average Bonchev–Trinajstić information content (AvgIpc) is 2.37. The molecule has 0 bridgehead atoms. The minimum absolute atomic E-state index is 0.0761. The third kappa shape index (κ3) is 1.52. The molecule has 1 aromatic carbocycles. The second-order valence-electron chi connectivity index (χ2n) is 4.88. The molecule has 2 aliphatic rings. The van der Waals surface area contributed by atoms with Crippen LogP contribution in [0.15, 0.2) is 24.3 Å². The van der Waals surface area contributed by atoms with Gasteiger partial charge in [0.1, 0.15) is 5.66 Å². The standard InChI is InChI=1S/C13H16N2O2/c16-12-10-6-2-3-7-11(10)15(17)13(14-12)8-4-1-5-9-13/h2-3,6-7,17H,1,4-5,8-9H2,(H,14,16). The fourth-order valence-corrected chi connectivity index (χ4v) is 2.89. The van der Waals surface area contributed by atoms with E-state index in [9.17, 15) is 10.0 Å². The fourth-order valence-electron chi connectivity index (χ4n) is 2.89. The molecular formula is C13H16N2O2. The first-order valence-electron chi connectivity index (χ1n) is 6.14. The number of nitrogens with one attached hydrogen (secondary N) is 1. The maximum atomic E-state index is 12.1. The molecule has 0 unspecified atom stereocenters. The van der Waals surface area contributed by atoms with Crippen LogP contribution in [-0.4, -0.2) is 16.8 Å². The molecule has 0 aromatic heterocycles. The van der Waals surface area contributed by atoms with Gasteiger partial charge in [-0.25, -0.2) is 5.06 Å². The summed E-state index contributed by atoms with van der Waals surface area (Å²) in [5.74, 6) is -0.0761. The highest BCUT2D eigenvalue weighted by atomic mass is 16.5. The van der Waals surface area contributed by atoms with E-state index < -0.39 is 5.66 Å². The first kappa shape index (κ1) is 10.6. The highest BCUT2D eigenvalue weighted by Gasteiger charge is 2.44. The molecule has 0 saturated heterocycles. The molecule has 1 fully saturated rings. The predicted molar refractivity (Wildman–Crippen MR) is 64.0 cm³/mol. The number of rotatable bonds is 0. The summed E-state index contributed by atoms with van der Waals surface area (Å²) in [6, 6.07) is 7.19. The number of anilines is 1. The number of amides is 1. The number of hydrogen-bond donors (Lipinski definition) is 2. The molecule has 0 atom stereocenters. The van der Waals surface area contributed by atoms with Crippen LogP contribution in [0.5, 0.6) is 0 Å². The number of fused-ring (bicyclic) bond motifs is 1. The van der Waals surface area contributed by atoms with Crippen LogP contribution in [0.2, 0.25) is 0 Å². The highest BCUT2D eigenvalue weighted by molar-refractivity contribution is 6.02. The van der Waals surface area contributed by atoms with E-state index in [1.54, 1.807) is 12.1 Å². The number of benzene rings is 1. The Morgan fingerprint density at radius 2 is 1.88 bits per heavy atom. The Morgan fingerprint density at radius 3 is 2.65 bits per heavy atom. The van der Waals surface area contributed by atoms with Gasteiger partial charge in [0.15, 0.2) is 0 Å². The zero-order valence-electron chi connectivity index (χ0n) is 9.65. The molecule has 1 spiro atoms. The maximum absolute atomic E-state index is 12.1. The predicted octanol–water partition coefficient (Wildman–Crippen LogP) is 2.29. The molecule has 1 aromatic rings. The Bertz CT molecular complexity index is 452. The molecule has 17 heavy (non-hydrogen) atoms. The Kier molecular flexibility index (Phi) is 2.33. The van der Waals surface area contributed by atoms with Crippen LogP contribution in [0, 0.1) is 0 Å². The maximum Gasteiger partial charge on any atom is 0.255 e. The van der Waals surface area contributed by atoms with Gasteiger partial charge in [-0.15, -0.1) is 0 Å². The third-order valence-corrected chi connectivity index (χ3v) is 3.81. The topological polar surface area (TPSA) is 52.6 Å². The lowest BCUT2D eigenvalue weighted by Crippen LogP contribution is -2.63. The summed E-state index contributed by atoms with van der Waals surface area (Å²) >= 11 is 0. The number of hydroxylamine groups is 1. The lowest BCUT2D eigenvalue weighted by Gasteiger charge is -2.47. The normalized spacial score (nSPS) is 22.2. The Labute approximate surface area is 100 Å². The zero-order valence-corrected chi connectivity index (χ0v) is 9.65. The molecule has 4 nitrogen and oxygen atoms in total. The number of carbonyl (C=O) groups excluding carboxylic acids is 1. The third-order valence-electron chi connectivity index (χ3n) is 3.81. The summed E-state index contributed by atoms with van der Waals surface area (Å²) in [5.41, 5.74) is 0.591. The Morgan fingerprint density at radius 1 is 1.18 bits per heavy atom. The SMILES string of the molecule is O=C1NC2(CCCCC2)N(O)c2ccccc21. The number of carbonyl (C=O) groups is 1. The van der Waals surface area contributed by atoms with Crippen LogP contribution in [0.4, 0.5) is 5.69 Å². The molecule has 4 heteroatoms. The number of nitrogens with zero attached hydrogens (tertiary/aromatic N) is 1. The van der Waals surface area contributed by atoms with Gasteiger partial charge in [0.05, 0.1) is 11.3 Å². The molecule has 1 heterocycles. The van der Waals surface area contributed by atoms with E-state index >= 15 is 0 Å². The van der Waals surface area contributed by atoms with Gasteiger partial charge in [-0.3, -0.25) is 10.0 Å². The Balaban J connectivity index is 2.05. The van der Waals surface area contributed by atoms with Gasteiger partial charge in [-0.1, -0.05) is 18.6 Å². The van der Waals surface area contributed by atoms with E-state index in [-0.39, 0.29) is 5.91 Å². The second-order valence-corrected chi connectivity index (χ2v) is 4.88. The van der Waals surface area contributed by atoms with Crippen molar-refractivity contribution in [2.45, 2.75) is 37.8 Å². The van der Waals surface area contributed by atoms with Crippen molar-refractivity contribution in [2.24, 2.45) is 0 Å². The molecule has 1 aliphatic carbocycles. The van der Waals surface area contributed by atoms with Gasteiger partial charge in [-0.2, -0.15) is 0 Å². The van der Waals surface area contributed by atoms with Gasteiger partial charge in [-0.05, 0) is 37.8 Å².